The lowest BCUT2D eigenvalue weighted by molar-refractivity contribution is -0.132. The summed E-state index contributed by atoms with van der Waals surface area (Å²) in [5.41, 5.74) is 9.66. The Bertz CT molecular complexity index is 676. The Morgan fingerprint density at radius 3 is 2.66 bits per heavy atom. The summed E-state index contributed by atoms with van der Waals surface area (Å²) in [6.07, 6.45) is 5.08. The van der Waals surface area contributed by atoms with Gasteiger partial charge in [0.2, 0.25) is 5.91 Å². The summed E-state index contributed by atoms with van der Waals surface area (Å²) in [5, 5.41) is 8.76. The molecular weight excluding hydrogens is 447 g/mol. The Morgan fingerprint density at radius 2 is 1.94 bits per heavy atom. The number of piperidine rings is 2. The third-order valence-corrected chi connectivity index (χ3v) is 8.41. The van der Waals surface area contributed by atoms with Crippen molar-refractivity contribution in [2.45, 2.75) is 76.0 Å². The fraction of sp³-hybridized carbons (Fsp3) is 0.960. The summed E-state index contributed by atoms with van der Waals surface area (Å²) in [5.74, 6) is 0.336. The van der Waals surface area contributed by atoms with E-state index in [0.717, 1.165) is 70.9 Å². The molecule has 4 heterocycles. The zero-order valence-corrected chi connectivity index (χ0v) is 22.1. The molecule has 10 heteroatoms. The molecule has 0 spiro atoms. The largest absolute Gasteiger partial charge is 0.350 e. The number of hydrazine groups is 1. The van der Waals surface area contributed by atoms with Crippen LogP contribution in [0.25, 0.3) is 0 Å². The highest BCUT2D eigenvalue weighted by atomic mass is 19.1. The Kier molecular flexibility index (Phi) is 9.76. The SMILES string of the molecule is CCCCCN1CC(F)CN2NC(N)C(C(=O)NC3CNCCC3N3CCC(CN(C)C)CC3)C12. The molecule has 0 bridgehead atoms. The van der Waals surface area contributed by atoms with Crippen molar-refractivity contribution in [3.63, 3.8) is 0 Å². The minimum Gasteiger partial charge on any atom is -0.350 e. The van der Waals surface area contributed by atoms with E-state index in [1.165, 1.54) is 12.8 Å². The van der Waals surface area contributed by atoms with Gasteiger partial charge < -0.3 is 21.3 Å². The number of halogens is 1. The van der Waals surface area contributed by atoms with Crippen LogP contribution in [-0.4, -0.2) is 123 Å². The van der Waals surface area contributed by atoms with Crippen LogP contribution in [0.1, 0.15) is 45.4 Å². The van der Waals surface area contributed by atoms with Crippen LogP contribution in [0.15, 0.2) is 0 Å². The van der Waals surface area contributed by atoms with Gasteiger partial charge in [0.25, 0.3) is 0 Å². The number of fused-ring (bicyclic) bond motifs is 1. The van der Waals surface area contributed by atoms with E-state index < -0.39 is 18.3 Å². The van der Waals surface area contributed by atoms with Gasteiger partial charge in [-0.2, -0.15) is 0 Å². The molecule has 4 aliphatic rings. The van der Waals surface area contributed by atoms with Gasteiger partial charge >= 0.3 is 0 Å². The van der Waals surface area contributed by atoms with Crippen LogP contribution in [0, 0.1) is 11.8 Å². The second kappa shape index (κ2) is 12.6. The van der Waals surface area contributed by atoms with Gasteiger partial charge in [0.1, 0.15) is 6.17 Å². The van der Waals surface area contributed by atoms with Gasteiger partial charge in [-0.3, -0.25) is 14.6 Å². The van der Waals surface area contributed by atoms with Gasteiger partial charge in [0.15, 0.2) is 0 Å². The molecule has 1 amide bonds. The van der Waals surface area contributed by atoms with E-state index in [0.29, 0.717) is 12.6 Å². The van der Waals surface area contributed by atoms with Gasteiger partial charge in [-0.05, 0) is 71.9 Å². The molecule has 0 aliphatic carbocycles. The Hall–Kier alpha value is -0.880. The smallest absolute Gasteiger partial charge is 0.229 e. The van der Waals surface area contributed by atoms with Crippen molar-refractivity contribution in [1.29, 1.82) is 0 Å². The topological polar surface area (TPSA) is 92.1 Å². The second-order valence-corrected chi connectivity index (χ2v) is 11.5. The number of hydrogen-bond acceptors (Lipinski definition) is 8. The van der Waals surface area contributed by atoms with Crippen LogP contribution in [0.2, 0.25) is 0 Å². The average Bonchev–Trinajstić information content (AvgIpc) is 3.15. The van der Waals surface area contributed by atoms with Crippen LogP contribution in [0.4, 0.5) is 4.39 Å². The van der Waals surface area contributed by atoms with Crippen LogP contribution >= 0.6 is 0 Å². The average molecular weight is 497 g/mol. The third-order valence-electron chi connectivity index (χ3n) is 8.41. The van der Waals surface area contributed by atoms with Crippen molar-refractivity contribution in [1.82, 2.24) is 35.8 Å². The number of nitrogens with one attached hydrogen (secondary N) is 3. The molecule has 0 aromatic heterocycles. The van der Waals surface area contributed by atoms with E-state index in [1.807, 2.05) is 5.01 Å². The zero-order valence-electron chi connectivity index (χ0n) is 22.1. The van der Waals surface area contributed by atoms with Crippen molar-refractivity contribution in [2.75, 3.05) is 66.5 Å². The Morgan fingerprint density at radius 1 is 1.17 bits per heavy atom. The number of hydrogen-bond donors (Lipinski definition) is 4. The van der Waals surface area contributed by atoms with Crippen molar-refractivity contribution >= 4 is 5.91 Å². The molecule has 35 heavy (non-hydrogen) atoms. The van der Waals surface area contributed by atoms with Crippen LogP contribution in [-0.2, 0) is 4.79 Å². The fourth-order valence-corrected chi connectivity index (χ4v) is 6.72. The monoisotopic (exact) mass is 496 g/mol. The molecule has 4 saturated heterocycles. The van der Waals surface area contributed by atoms with E-state index in [1.54, 1.807) is 0 Å². The normalized spacial score (nSPS) is 35.9. The van der Waals surface area contributed by atoms with Crippen molar-refractivity contribution < 1.29 is 9.18 Å². The number of carbonyl (C=O) groups is 1. The lowest BCUT2D eigenvalue weighted by Crippen LogP contribution is -2.64. The molecule has 6 atom stereocenters. The lowest BCUT2D eigenvalue weighted by atomic mass is 9.91. The molecule has 202 valence electrons. The number of carbonyl (C=O) groups excluding carboxylic acids is 1. The molecule has 4 aliphatic heterocycles. The van der Waals surface area contributed by atoms with Crippen LogP contribution in [0.3, 0.4) is 0 Å². The van der Waals surface area contributed by atoms with Crippen LogP contribution in [0.5, 0.6) is 0 Å². The Labute approximate surface area is 211 Å². The van der Waals surface area contributed by atoms with Crippen molar-refractivity contribution in [3.8, 4) is 0 Å². The number of rotatable bonds is 9. The molecule has 0 radical (unpaired) electrons. The molecule has 6 unspecified atom stereocenters. The minimum atomic E-state index is -0.934. The van der Waals surface area contributed by atoms with E-state index in [2.05, 4.69) is 51.8 Å². The maximum Gasteiger partial charge on any atom is 0.229 e. The number of nitrogens with two attached hydrogens (primary N) is 1. The number of likely N-dealkylation sites (tertiary alicyclic amines) is 1. The van der Waals surface area contributed by atoms with Gasteiger partial charge in [0.05, 0.1) is 24.3 Å². The number of amides is 1. The first-order valence-corrected chi connectivity index (χ1v) is 13.9. The molecule has 0 aromatic carbocycles. The number of unbranched alkanes of at least 4 members (excludes halogenated alkanes) is 2. The maximum absolute atomic E-state index is 14.5. The summed E-state index contributed by atoms with van der Waals surface area (Å²) in [4.78, 5) is 20.7. The van der Waals surface area contributed by atoms with Crippen molar-refractivity contribution in [3.05, 3.63) is 0 Å². The van der Waals surface area contributed by atoms with E-state index >= 15 is 0 Å². The quantitative estimate of drug-likeness (QED) is 0.332. The number of alkyl halides is 1. The van der Waals surface area contributed by atoms with Crippen molar-refractivity contribution in [2.24, 2.45) is 17.6 Å². The van der Waals surface area contributed by atoms with Gasteiger partial charge in [-0.25, -0.2) is 14.8 Å². The molecule has 4 fully saturated rings. The predicted octanol–water partition coefficient (Wildman–Crippen LogP) is -0.00210. The summed E-state index contributed by atoms with van der Waals surface area (Å²) in [6.45, 7) is 8.73. The molecule has 0 aromatic rings. The second-order valence-electron chi connectivity index (χ2n) is 11.5. The molecule has 0 saturated carbocycles. The van der Waals surface area contributed by atoms with E-state index in [9.17, 15) is 9.18 Å². The first-order valence-electron chi connectivity index (χ1n) is 13.9. The Balaban J connectivity index is 1.39. The zero-order chi connectivity index (χ0) is 24.9. The first kappa shape index (κ1) is 27.2. The summed E-state index contributed by atoms with van der Waals surface area (Å²) in [7, 11) is 4.30. The summed E-state index contributed by atoms with van der Waals surface area (Å²) in [6, 6.07) is 0.415. The molecular formula is C25H49FN8O. The summed E-state index contributed by atoms with van der Waals surface area (Å²) >= 11 is 0. The minimum absolute atomic E-state index is 0.00325. The fourth-order valence-electron chi connectivity index (χ4n) is 6.72. The molecule has 5 N–H and O–H groups in total. The van der Waals surface area contributed by atoms with Gasteiger partial charge in [-0.15, -0.1) is 0 Å². The van der Waals surface area contributed by atoms with Crippen LogP contribution < -0.4 is 21.8 Å². The highest BCUT2D eigenvalue weighted by Gasteiger charge is 2.51. The van der Waals surface area contributed by atoms with Gasteiger partial charge in [-0.1, -0.05) is 19.8 Å². The van der Waals surface area contributed by atoms with E-state index in [4.69, 9.17) is 5.73 Å². The highest BCUT2D eigenvalue weighted by molar-refractivity contribution is 5.81. The maximum atomic E-state index is 14.5. The standard InChI is InChI=1S/C25H49FN8O/c1-4-5-6-11-33-16-19(26)17-34-25(33)22(23(27)30-34)24(35)29-20-14-28-10-7-21(20)32-12-8-18(9-13-32)15-31(2)3/h18-23,25,28,30H,4-17,27H2,1-3H3,(H,29,35). The third kappa shape index (κ3) is 6.71. The molecule has 9 nitrogen and oxygen atoms in total. The summed E-state index contributed by atoms with van der Waals surface area (Å²) < 4.78 is 14.5. The van der Waals surface area contributed by atoms with Gasteiger partial charge in [0, 0.05) is 32.2 Å². The predicted molar refractivity (Wildman–Crippen MR) is 137 cm³/mol. The highest BCUT2D eigenvalue weighted by Crippen LogP contribution is 2.29. The lowest BCUT2D eigenvalue weighted by Gasteiger charge is -2.45. The van der Waals surface area contributed by atoms with E-state index in [-0.39, 0.29) is 24.7 Å². The number of nitrogens with zero attached hydrogens (tertiary/aromatic N) is 4. The molecule has 4 rings (SSSR count). The first-order chi connectivity index (χ1) is 16.9.